The predicted octanol–water partition coefficient (Wildman–Crippen LogP) is 2.22. The summed E-state index contributed by atoms with van der Waals surface area (Å²) in [6.07, 6.45) is 4.29. The molecule has 3 rings (SSSR count). The van der Waals surface area contributed by atoms with E-state index in [0.717, 1.165) is 24.2 Å². The van der Waals surface area contributed by atoms with E-state index in [2.05, 4.69) is 16.0 Å². The van der Waals surface area contributed by atoms with E-state index in [1.54, 1.807) is 32.3 Å². The number of halogens is 1. The van der Waals surface area contributed by atoms with Crippen LogP contribution in [0.3, 0.4) is 0 Å². The molecule has 0 spiro atoms. The maximum Gasteiger partial charge on any atom is 0.329 e. The number of nitriles is 1. The zero-order chi connectivity index (χ0) is 22.3. The molecule has 0 saturated carbocycles. The van der Waals surface area contributed by atoms with Crippen LogP contribution in [0.5, 0.6) is 0 Å². The van der Waals surface area contributed by atoms with Gasteiger partial charge in [0.2, 0.25) is 0 Å². The molecule has 1 aromatic rings. The van der Waals surface area contributed by atoms with E-state index in [4.69, 9.17) is 14.5 Å². The molecular formula is C23H27FN4O3. The number of rotatable bonds is 8. The minimum Gasteiger partial charge on any atom is -0.465 e. The molecule has 8 heteroatoms. The van der Waals surface area contributed by atoms with E-state index >= 15 is 0 Å². The van der Waals surface area contributed by atoms with Crippen LogP contribution in [-0.2, 0) is 20.7 Å². The summed E-state index contributed by atoms with van der Waals surface area (Å²) >= 11 is 0. The summed E-state index contributed by atoms with van der Waals surface area (Å²) in [5, 5.41) is 9.76. The largest absolute Gasteiger partial charge is 0.465 e. The van der Waals surface area contributed by atoms with Crippen LogP contribution in [0, 0.1) is 23.1 Å². The van der Waals surface area contributed by atoms with Crippen LogP contribution in [0.2, 0.25) is 0 Å². The molecule has 0 N–H and O–H groups in total. The lowest BCUT2D eigenvalue weighted by atomic mass is 9.84. The second-order valence-electron chi connectivity index (χ2n) is 7.52. The van der Waals surface area contributed by atoms with Crippen molar-refractivity contribution in [3.8, 4) is 6.07 Å². The molecule has 164 valence electrons. The normalized spacial score (nSPS) is 22.6. The number of ether oxygens (including phenoxy) is 2. The Labute approximate surface area is 181 Å². The monoisotopic (exact) mass is 426 g/mol. The van der Waals surface area contributed by atoms with Crippen LogP contribution in [-0.4, -0.2) is 74.8 Å². The van der Waals surface area contributed by atoms with Crippen molar-refractivity contribution in [1.82, 2.24) is 4.90 Å². The van der Waals surface area contributed by atoms with Gasteiger partial charge in [0.1, 0.15) is 11.4 Å². The van der Waals surface area contributed by atoms with Crippen molar-refractivity contribution in [1.29, 1.82) is 5.26 Å². The van der Waals surface area contributed by atoms with Crippen molar-refractivity contribution in [3.05, 3.63) is 47.3 Å². The topological polar surface area (TPSA) is 87.3 Å². The minimum atomic E-state index is -1.15. The van der Waals surface area contributed by atoms with E-state index < -0.39 is 17.4 Å². The summed E-state index contributed by atoms with van der Waals surface area (Å²) in [6.45, 7) is 5.04. The lowest BCUT2D eigenvalue weighted by Gasteiger charge is -2.35. The Morgan fingerprint density at radius 3 is 2.71 bits per heavy atom. The SMILES string of the molecule is CCOC(=O)C(C#N)C(=NC)C1(CN2CCOCC2)C=C(Cc2ccc(F)cc2)C=N1. The van der Waals surface area contributed by atoms with Gasteiger partial charge in [-0.3, -0.25) is 19.7 Å². The molecule has 7 nitrogen and oxygen atoms in total. The van der Waals surface area contributed by atoms with Crippen LogP contribution in [0.4, 0.5) is 4.39 Å². The Morgan fingerprint density at radius 2 is 2.10 bits per heavy atom. The summed E-state index contributed by atoms with van der Waals surface area (Å²) in [5.74, 6) is -2.06. The van der Waals surface area contributed by atoms with Crippen molar-refractivity contribution < 1.29 is 18.7 Å². The molecule has 1 saturated heterocycles. The van der Waals surface area contributed by atoms with E-state index in [-0.39, 0.29) is 12.4 Å². The van der Waals surface area contributed by atoms with Gasteiger partial charge in [0.05, 0.1) is 31.6 Å². The van der Waals surface area contributed by atoms with Crippen molar-refractivity contribution >= 4 is 17.9 Å². The third-order valence-corrected chi connectivity index (χ3v) is 5.38. The number of nitrogens with zero attached hydrogens (tertiary/aromatic N) is 4. The van der Waals surface area contributed by atoms with Gasteiger partial charge in [-0.15, -0.1) is 0 Å². The second-order valence-corrected chi connectivity index (χ2v) is 7.52. The molecule has 2 aliphatic heterocycles. The average molecular weight is 426 g/mol. The first-order valence-corrected chi connectivity index (χ1v) is 10.4. The highest BCUT2D eigenvalue weighted by Crippen LogP contribution is 2.30. The van der Waals surface area contributed by atoms with Gasteiger partial charge in [-0.1, -0.05) is 12.1 Å². The number of esters is 1. The molecule has 0 aliphatic carbocycles. The first-order valence-electron chi connectivity index (χ1n) is 10.4. The third kappa shape index (κ3) is 5.43. The van der Waals surface area contributed by atoms with E-state index in [1.165, 1.54) is 12.1 Å². The number of carbonyl (C=O) groups excluding carboxylic acids is 1. The maximum absolute atomic E-state index is 13.3. The number of allylic oxidation sites excluding steroid dienone is 1. The Balaban J connectivity index is 1.94. The fourth-order valence-corrected chi connectivity index (χ4v) is 3.95. The van der Waals surface area contributed by atoms with E-state index in [0.29, 0.717) is 31.9 Å². The zero-order valence-electron chi connectivity index (χ0n) is 17.9. The molecule has 0 bridgehead atoms. The van der Waals surface area contributed by atoms with Crippen molar-refractivity contribution in [2.75, 3.05) is 46.5 Å². The van der Waals surface area contributed by atoms with Gasteiger partial charge in [0, 0.05) is 32.9 Å². The van der Waals surface area contributed by atoms with Crippen LogP contribution in [0.1, 0.15) is 12.5 Å². The summed E-state index contributed by atoms with van der Waals surface area (Å²) < 4.78 is 23.8. The molecule has 1 aromatic carbocycles. The Morgan fingerprint density at radius 1 is 1.39 bits per heavy atom. The van der Waals surface area contributed by atoms with Gasteiger partial charge >= 0.3 is 5.97 Å². The lowest BCUT2D eigenvalue weighted by molar-refractivity contribution is -0.144. The number of aliphatic imine (C=N–C) groups is 2. The molecule has 2 aliphatic rings. The Bertz CT molecular complexity index is 914. The van der Waals surface area contributed by atoms with Gasteiger partial charge < -0.3 is 9.47 Å². The van der Waals surface area contributed by atoms with Gasteiger partial charge in [0.15, 0.2) is 5.92 Å². The van der Waals surface area contributed by atoms with Crippen molar-refractivity contribution in [2.45, 2.75) is 18.9 Å². The highest BCUT2D eigenvalue weighted by atomic mass is 19.1. The minimum absolute atomic E-state index is 0.180. The third-order valence-electron chi connectivity index (χ3n) is 5.38. The summed E-state index contributed by atoms with van der Waals surface area (Å²) in [5.41, 5.74) is 1.28. The van der Waals surface area contributed by atoms with Crippen molar-refractivity contribution in [2.24, 2.45) is 15.9 Å². The smallest absolute Gasteiger partial charge is 0.329 e. The zero-order valence-corrected chi connectivity index (χ0v) is 17.9. The van der Waals surface area contributed by atoms with Crippen molar-refractivity contribution in [3.63, 3.8) is 0 Å². The Kier molecular flexibility index (Phi) is 7.66. The highest BCUT2D eigenvalue weighted by Gasteiger charge is 2.44. The summed E-state index contributed by atoms with van der Waals surface area (Å²) in [4.78, 5) is 23.8. The van der Waals surface area contributed by atoms with Crippen LogP contribution < -0.4 is 0 Å². The molecule has 0 amide bonds. The Hall–Kier alpha value is -2.89. The fourth-order valence-electron chi connectivity index (χ4n) is 3.95. The lowest BCUT2D eigenvalue weighted by Crippen LogP contribution is -2.52. The van der Waals surface area contributed by atoms with E-state index in [9.17, 15) is 14.4 Å². The molecular weight excluding hydrogens is 399 g/mol. The van der Waals surface area contributed by atoms with Gasteiger partial charge in [-0.25, -0.2) is 4.39 Å². The first-order chi connectivity index (χ1) is 15.0. The maximum atomic E-state index is 13.3. The van der Waals surface area contributed by atoms with Crippen LogP contribution in [0.25, 0.3) is 0 Å². The summed E-state index contributed by atoms with van der Waals surface area (Å²) in [6, 6.07) is 8.37. The summed E-state index contributed by atoms with van der Waals surface area (Å²) in [7, 11) is 1.57. The first kappa shape index (κ1) is 22.8. The molecule has 2 heterocycles. The molecule has 31 heavy (non-hydrogen) atoms. The number of hydrogen-bond donors (Lipinski definition) is 0. The standard InChI is InChI=1S/C23H27FN4O3/c1-3-31-22(29)20(14-25)21(26-2)23(16-28-8-10-30-11-9-28)13-18(15-27-23)12-17-4-6-19(24)7-5-17/h4-7,13,15,20H,3,8-12,16H2,1-2H3. The van der Waals surface area contributed by atoms with Gasteiger partial charge in [-0.05, 0) is 42.7 Å². The predicted molar refractivity (Wildman–Crippen MR) is 116 cm³/mol. The average Bonchev–Trinajstić information content (AvgIpc) is 3.17. The molecule has 1 fully saturated rings. The molecule has 2 unspecified atom stereocenters. The van der Waals surface area contributed by atoms with Crippen LogP contribution >= 0.6 is 0 Å². The fraction of sp³-hybridized carbons (Fsp3) is 0.478. The van der Waals surface area contributed by atoms with Gasteiger partial charge in [-0.2, -0.15) is 5.26 Å². The molecule has 0 radical (unpaired) electrons. The number of morpholine rings is 1. The van der Waals surface area contributed by atoms with Gasteiger partial charge in [0.25, 0.3) is 0 Å². The number of carbonyl (C=O) groups is 1. The molecule has 0 aromatic heterocycles. The number of hydrogen-bond acceptors (Lipinski definition) is 7. The van der Waals surface area contributed by atoms with E-state index in [1.807, 2.05) is 6.08 Å². The van der Waals surface area contributed by atoms with Crippen LogP contribution in [0.15, 0.2) is 45.9 Å². The quantitative estimate of drug-likeness (QED) is 0.470. The molecule has 2 atom stereocenters. The number of benzene rings is 1. The second kappa shape index (κ2) is 10.4. The highest BCUT2D eigenvalue weighted by molar-refractivity contribution is 6.12.